The van der Waals surface area contributed by atoms with Gasteiger partial charge in [0.15, 0.2) is 6.61 Å². The molecule has 8 heteroatoms. The molecule has 160 valence electrons. The summed E-state index contributed by atoms with van der Waals surface area (Å²) in [5.41, 5.74) is 0.473. The highest BCUT2D eigenvalue weighted by Gasteiger charge is 2.24. The Hall–Kier alpha value is -2.93. The molecule has 2 aromatic carbocycles. The lowest BCUT2D eigenvalue weighted by molar-refractivity contribution is -0.134. The average molecular weight is 433 g/mol. The van der Waals surface area contributed by atoms with Crippen molar-refractivity contribution in [3.63, 3.8) is 0 Å². The molecule has 0 saturated carbocycles. The molecule has 2 aromatic rings. The quantitative estimate of drug-likeness (QED) is 0.727. The zero-order valence-electron chi connectivity index (χ0n) is 17.0. The van der Waals surface area contributed by atoms with Crippen LogP contribution >= 0.6 is 11.6 Å². The molecule has 1 aliphatic rings. The molecule has 7 nitrogen and oxygen atoms in total. The molecule has 0 spiro atoms. The van der Waals surface area contributed by atoms with Crippen molar-refractivity contribution in [3.8, 4) is 17.2 Å². The van der Waals surface area contributed by atoms with Crippen LogP contribution in [-0.2, 0) is 4.79 Å². The van der Waals surface area contributed by atoms with E-state index >= 15 is 0 Å². The second kappa shape index (κ2) is 10.2. The number of halogens is 1. The second-order valence-corrected chi connectivity index (χ2v) is 7.41. The van der Waals surface area contributed by atoms with Crippen molar-refractivity contribution in [3.05, 3.63) is 53.1 Å². The number of piperidine rings is 1. The van der Waals surface area contributed by atoms with E-state index in [2.05, 4.69) is 5.32 Å². The fourth-order valence-electron chi connectivity index (χ4n) is 3.25. The summed E-state index contributed by atoms with van der Waals surface area (Å²) in [5, 5.41) is 3.64. The van der Waals surface area contributed by atoms with Gasteiger partial charge in [-0.25, -0.2) is 0 Å². The van der Waals surface area contributed by atoms with Gasteiger partial charge in [0.1, 0.15) is 17.2 Å². The zero-order chi connectivity index (χ0) is 21.5. The van der Waals surface area contributed by atoms with Crippen LogP contribution < -0.4 is 19.5 Å². The van der Waals surface area contributed by atoms with Crippen LogP contribution in [0.4, 0.5) is 0 Å². The summed E-state index contributed by atoms with van der Waals surface area (Å²) in [4.78, 5) is 26.8. The Kier molecular flexibility index (Phi) is 7.41. The lowest BCUT2D eigenvalue weighted by atomic mass is 10.0. The first-order valence-corrected chi connectivity index (χ1v) is 10.1. The summed E-state index contributed by atoms with van der Waals surface area (Å²) in [6.45, 7) is 1.10. The summed E-state index contributed by atoms with van der Waals surface area (Å²) in [6.07, 6.45) is 1.36. The topological polar surface area (TPSA) is 77.1 Å². The number of likely N-dealkylation sites (tertiary alicyclic amines) is 1. The van der Waals surface area contributed by atoms with Gasteiger partial charge >= 0.3 is 0 Å². The molecule has 0 atom stereocenters. The Morgan fingerprint density at radius 1 is 1.00 bits per heavy atom. The molecule has 1 saturated heterocycles. The normalized spacial score (nSPS) is 14.2. The van der Waals surface area contributed by atoms with Crippen LogP contribution in [0, 0.1) is 0 Å². The Morgan fingerprint density at radius 2 is 1.60 bits per heavy atom. The van der Waals surface area contributed by atoms with E-state index in [1.54, 1.807) is 61.6 Å². The minimum atomic E-state index is -0.192. The molecule has 0 aromatic heterocycles. The molecule has 0 bridgehead atoms. The highest BCUT2D eigenvalue weighted by atomic mass is 35.5. The molecule has 0 unspecified atom stereocenters. The third-order valence-electron chi connectivity index (χ3n) is 4.97. The minimum Gasteiger partial charge on any atom is -0.497 e. The van der Waals surface area contributed by atoms with Crippen LogP contribution in [0.2, 0.25) is 5.02 Å². The van der Waals surface area contributed by atoms with Gasteiger partial charge in [0.2, 0.25) is 0 Å². The van der Waals surface area contributed by atoms with Gasteiger partial charge in [-0.05, 0) is 49.2 Å². The fourth-order valence-corrected chi connectivity index (χ4v) is 3.37. The van der Waals surface area contributed by atoms with Crippen LogP contribution in [0.1, 0.15) is 23.2 Å². The lowest BCUT2D eigenvalue weighted by Gasteiger charge is -2.32. The van der Waals surface area contributed by atoms with E-state index in [4.69, 9.17) is 25.8 Å². The molecule has 1 aliphatic heterocycles. The van der Waals surface area contributed by atoms with Crippen LogP contribution in [0.5, 0.6) is 17.2 Å². The fraction of sp³-hybridized carbons (Fsp3) is 0.364. The Morgan fingerprint density at radius 3 is 2.17 bits per heavy atom. The van der Waals surface area contributed by atoms with Gasteiger partial charge in [0.25, 0.3) is 11.8 Å². The number of hydrogen-bond donors (Lipinski definition) is 1. The largest absolute Gasteiger partial charge is 0.497 e. The van der Waals surface area contributed by atoms with E-state index in [0.717, 1.165) is 0 Å². The molecular formula is C22H25ClN2O5. The van der Waals surface area contributed by atoms with Crippen LogP contribution in [0.15, 0.2) is 42.5 Å². The Labute approximate surface area is 180 Å². The first kappa shape index (κ1) is 21.8. The van der Waals surface area contributed by atoms with Crippen molar-refractivity contribution >= 4 is 23.4 Å². The first-order valence-electron chi connectivity index (χ1n) is 9.68. The lowest BCUT2D eigenvalue weighted by Crippen LogP contribution is -2.47. The first-order chi connectivity index (χ1) is 14.5. The van der Waals surface area contributed by atoms with Crippen LogP contribution in [0.25, 0.3) is 0 Å². The number of carbonyl (C=O) groups is 2. The maximum Gasteiger partial charge on any atom is 0.260 e. The standard InChI is InChI=1S/C22H25ClN2O5/c1-28-19-11-15(12-20(13-19)29-2)22(27)24-17-7-9-25(10-8-17)21(26)14-30-18-5-3-16(23)4-6-18/h3-6,11-13,17H,7-10,14H2,1-2H3,(H,24,27). The van der Waals surface area contributed by atoms with Gasteiger partial charge in [-0.1, -0.05) is 11.6 Å². The number of ether oxygens (including phenoxy) is 3. The smallest absolute Gasteiger partial charge is 0.260 e. The number of carbonyl (C=O) groups excluding carboxylic acids is 2. The third kappa shape index (κ3) is 5.79. The van der Waals surface area contributed by atoms with E-state index in [1.165, 1.54) is 0 Å². The molecule has 30 heavy (non-hydrogen) atoms. The molecule has 3 rings (SSSR count). The van der Waals surface area contributed by atoms with Crippen molar-refractivity contribution in [2.75, 3.05) is 33.9 Å². The SMILES string of the molecule is COc1cc(OC)cc(C(=O)NC2CCN(C(=O)COc3ccc(Cl)cc3)CC2)c1. The highest BCUT2D eigenvalue weighted by molar-refractivity contribution is 6.30. The van der Waals surface area contributed by atoms with Crippen molar-refractivity contribution in [1.82, 2.24) is 10.2 Å². The van der Waals surface area contributed by atoms with Crippen LogP contribution in [0.3, 0.4) is 0 Å². The van der Waals surface area contributed by atoms with Gasteiger partial charge in [0, 0.05) is 35.8 Å². The number of methoxy groups -OCH3 is 2. The van der Waals surface area contributed by atoms with Crippen molar-refractivity contribution in [2.24, 2.45) is 0 Å². The molecule has 1 N–H and O–H groups in total. The number of hydrogen-bond acceptors (Lipinski definition) is 5. The summed E-state index contributed by atoms with van der Waals surface area (Å²) >= 11 is 5.84. The van der Waals surface area contributed by atoms with Crippen molar-refractivity contribution in [2.45, 2.75) is 18.9 Å². The predicted octanol–water partition coefficient (Wildman–Crippen LogP) is 3.16. The summed E-state index contributed by atoms with van der Waals surface area (Å²) in [7, 11) is 3.08. The summed E-state index contributed by atoms with van der Waals surface area (Å²) < 4.78 is 16.0. The second-order valence-electron chi connectivity index (χ2n) is 6.97. The maximum atomic E-state index is 12.6. The van der Waals surface area contributed by atoms with Gasteiger partial charge in [-0.15, -0.1) is 0 Å². The minimum absolute atomic E-state index is 0.00377. The number of nitrogens with one attached hydrogen (secondary N) is 1. The van der Waals surface area contributed by atoms with Crippen molar-refractivity contribution < 1.29 is 23.8 Å². The monoisotopic (exact) mass is 432 g/mol. The average Bonchev–Trinajstić information content (AvgIpc) is 2.78. The Balaban J connectivity index is 1.47. The van der Waals surface area contributed by atoms with E-state index in [-0.39, 0.29) is 24.5 Å². The van der Waals surface area contributed by atoms with Gasteiger partial charge < -0.3 is 24.4 Å². The van der Waals surface area contributed by atoms with E-state index in [0.29, 0.717) is 53.8 Å². The summed E-state index contributed by atoms with van der Waals surface area (Å²) in [6, 6.07) is 11.9. The number of rotatable bonds is 7. The van der Waals surface area contributed by atoms with Crippen LogP contribution in [-0.4, -0.2) is 56.7 Å². The number of benzene rings is 2. The molecule has 0 aliphatic carbocycles. The summed E-state index contributed by atoms with van der Waals surface area (Å²) in [5.74, 6) is 1.44. The molecular weight excluding hydrogens is 408 g/mol. The van der Waals surface area contributed by atoms with Gasteiger partial charge in [-0.2, -0.15) is 0 Å². The van der Waals surface area contributed by atoms with E-state index in [9.17, 15) is 9.59 Å². The maximum absolute atomic E-state index is 12.6. The van der Waals surface area contributed by atoms with E-state index < -0.39 is 0 Å². The number of amides is 2. The molecule has 2 amide bonds. The number of nitrogens with zero attached hydrogens (tertiary/aromatic N) is 1. The predicted molar refractivity (Wildman–Crippen MR) is 114 cm³/mol. The van der Waals surface area contributed by atoms with E-state index in [1.807, 2.05) is 0 Å². The third-order valence-corrected chi connectivity index (χ3v) is 5.22. The van der Waals surface area contributed by atoms with Crippen molar-refractivity contribution in [1.29, 1.82) is 0 Å². The molecule has 1 fully saturated rings. The molecule has 1 heterocycles. The van der Waals surface area contributed by atoms with Gasteiger partial charge in [-0.3, -0.25) is 9.59 Å². The highest BCUT2D eigenvalue weighted by Crippen LogP contribution is 2.23. The van der Waals surface area contributed by atoms with Gasteiger partial charge in [0.05, 0.1) is 14.2 Å². The molecule has 0 radical (unpaired) electrons. The zero-order valence-corrected chi connectivity index (χ0v) is 17.8. The Bertz CT molecular complexity index is 857.